The van der Waals surface area contributed by atoms with E-state index in [-0.39, 0.29) is 25.0 Å². The zero-order valence-electron chi connectivity index (χ0n) is 12.8. The number of rotatable bonds is 3. The summed E-state index contributed by atoms with van der Waals surface area (Å²) >= 11 is 11.8. The van der Waals surface area contributed by atoms with Crippen molar-refractivity contribution >= 4 is 46.4 Å². The molecule has 0 aromatic heterocycles. The second kappa shape index (κ2) is 6.71. The highest BCUT2D eigenvalue weighted by atomic mass is 35.5. The van der Waals surface area contributed by atoms with Crippen LogP contribution in [0.1, 0.15) is 5.56 Å². The highest BCUT2D eigenvalue weighted by molar-refractivity contribution is 6.42. The third-order valence-corrected chi connectivity index (χ3v) is 4.30. The molecule has 0 aliphatic carbocycles. The van der Waals surface area contributed by atoms with Crippen LogP contribution in [0.15, 0.2) is 36.4 Å². The minimum atomic E-state index is -0.337. The monoisotopic (exact) mass is 364 g/mol. The van der Waals surface area contributed by atoms with Gasteiger partial charge < -0.3 is 10.1 Å². The van der Waals surface area contributed by atoms with Crippen LogP contribution in [-0.4, -0.2) is 25.0 Å². The molecule has 0 bridgehead atoms. The largest absolute Gasteiger partial charge is 0.482 e. The van der Waals surface area contributed by atoms with Gasteiger partial charge in [-0.05, 0) is 42.8 Å². The molecule has 3 rings (SSSR count). The quantitative estimate of drug-likeness (QED) is 0.903. The Hall–Kier alpha value is -2.24. The second-order valence-electron chi connectivity index (χ2n) is 5.42. The van der Waals surface area contributed by atoms with Gasteiger partial charge in [0, 0.05) is 5.69 Å². The van der Waals surface area contributed by atoms with Gasteiger partial charge in [-0.15, -0.1) is 0 Å². The van der Waals surface area contributed by atoms with E-state index in [1.807, 2.05) is 19.1 Å². The molecule has 1 heterocycles. The van der Waals surface area contributed by atoms with Gasteiger partial charge in [-0.2, -0.15) is 0 Å². The summed E-state index contributed by atoms with van der Waals surface area (Å²) in [5.74, 6) is -0.0176. The Bertz CT molecular complexity index is 823. The zero-order chi connectivity index (χ0) is 17.3. The fourth-order valence-corrected chi connectivity index (χ4v) is 2.70. The highest BCUT2D eigenvalue weighted by Crippen LogP contribution is 2.32. The molecule has 0 spiro atoms. The summed E-state index contributed by atoms with van der Waals surface area (Å²) < 4.78 is 5.39. The topological polar surface area (TPSA) is 58.6 Å². The van der Waals surface area contributed by atoms with Gasteiger partial charge in [0.15, 0.2) is 6.61 Å². The number of halogens is 2. The number of carbonyl (C=O) groups excluding carboxylic acids is 2. The number of hydrogen-bond donors (Lipinski definition) is 1. The van der Waals surface area contributed by atoms with Crippen LogP contribution in [0.4, 0.5) is 11.4 Å². The van der Waals surface area contributed by atoms with E-state index < -0.39 is 0 Å². The first-order valence-corrected chi connectivity index (χ1v) is 7.98. The van der Waals surface area contributed by atoms with Crippen molar-refractivity contribution in [3.8, 4) is 5.75 Å². The minimum Gasteiger partial charge on any atom is -0.482 e. The Morgan fingerprint density at radius 2 is 2.00 bits per heavy atom. The van der Waals surface area contributed by atoms with Gasteiger partial charge in [0.25, 0.3) is 5.91 Å². The number of aryl methyl sites for hydroxylation is 1. The van der Waals surface area contributed by atoms with Crippen LogP contribution < -0.4 is 15.0 Å². The Morgan fingerprint density at radius 3 is 2.75 bits per heavy atom. The molecule has 7 heteroatoms. The van der Waals surface area contributed by atoms with Crippen LogP contribution in [0.2, 0.25) is 10.0 Å². The summed E-state index contributed by atoms with van der Waals surface area (Å²) in [6.45, 7) is 1.71. The number of nitrogens with one attached hydrogen (secondary N) is 1. The maximum absolute atomic E-state index is 12.3. The minimum absolute atomic E-state index is 0.0872. The molecule has 2 amide bonds. The smallest absolute Gasteiger partial charge is 0.265 e. The maximum atomic E-state index is 12.3. The van der Waals surface area contributed by atoms with Gasteiger partial charge in [0.1, 0.15) is 12.3 Å². The number of ether oxygens (including phenoxy) is 1. The fraction of sp³-hybridized carbons (Fsp3) is 0.176. The Kier molecular flexibility index (Phi) is 4.64. The lowest BCUT2D eigenvalue weighted by Gasteiger charge is -2.29. The number of nitrogens with zero attached hydrogens (tertiary/aromatic N) is 1. The van der Waals surface area contributed by atoms with Gasteiger partial charge >= 0.3 is 0 Å². The van der Waals surface area contributed by atoms with Crippen molar-refractivity contribution in [3.05, 3.63) is 52.0 Å². The maximum Gasteiger partial charge on any atom is 0.265 e. The van der Waals surface area contributed by atoms with Crippen molar-refractivity contribution in [2.24, 2.45) is 0 Å². The summed E-state index contributed by atoms with van der Waals surface area (Å²) in [5, 5.41) is 3.46. The van der Waals surface area contributed by atoms with E-state index in [1.165, 1.54) is 4.90 Å². The number of fused-ring (bicyclic) bond motifs is 1. The van der Waals surface area contributed by atoms with Gasteiger partial charge in [0.05, 0.1) is 15.7 Å². The SMILES string of the molecule is Cc1ccc2c(c1)N(CC(=O)Nc1ccc(Cl)c(Cl)c1)C(=O)CO2. The number of hydrogen-bond acceptors (Lipinski definition) is 3. The molecule has 0 fully saturated rings. The summed E-state index contributed by atoms with van der Waals surface area (Å²) in [6, 6.07) is 10.3. The third kappa shape index (κ3) is 3.47. The molecule has 2 aromatic rings. The van der Waals surface area contributed by atoms with Crippen molar-refractivity contribution in [2.75, 3.05) is 23.4 Å². The van der Waals surface area contributed by atoms with Gasteiger partial charge in [-0.25, -0.2) is 0 Å². The van der Waals surface area contributed by atoms with Crippen LogP contribution >= 0.6 is 23.2 Å². The predicted octanol–water partition coefficient (Wildman–Crippen LogP) is 3.67. The summed E-state index contributed by atoms with van der Waals surface area (Å²) in [6.07, 6.45) is 0. The molecule has 0 saturated heterocycles. The number of carbonyl (C=O) groups is 2. The van der Waals surface area contributed by atoms with E-state index in [2.05, 4.69) is 5.32 Å². The first-order chi connectivity index (χ1) is 11.4. The summed E-state index contributed by atoms with van der Waals surface area (Å²) in [4.78, 5) is 25.8. The predicted molar refractivity (Wildman–Crippen MR) is 94.1 cm³/mol. The molecule has 2 aromatic carbocycles. The normalized spacial score (nSPS) is 13.3. The van der Waals surface area contributed by atoms with Crippen LogP contribution in [-0.2, 0) is 9.59 Å². The molecule has 0 saturated carbocycles. The summed E-state index contributed by atoms with van der Waals surface area (Å²) in [5.41, 5.74) is 2.08. The highest BCUT2D eigenvalue weighted by Gasteiger charge is 2.27. The van der Waals surface area contributed by atoms with Gasteiger partial charge in [0.2, 0.25) is 5.91 Å². The van der Waals surface area contributed by atoms with Crippen molar-refractivity contribution in [1.82, 2.24) is 0 Å². The third-order valence-electron chi connectivity index (χ3n) is 3.56. The van der Waals surface area contributed by atoms with Crippen LogP contribution in [0.25, 0.3) is 0 Å². The number of benzene rings is 2. The van der Waals surface area contributed by atoms with Crippen molar-refractivity contribution in [1.29, 1.82) is 0 Å². The van der Waals surface area contributed by atoms with Crippen LogP contribution in [0, 0.1) is 6.92 Å². The van der Waals surface area contributed by atoms with E-state index in [0.717, 1.165) is 5.56 Å². The lowest BCUT2D eigenvalue weighted by atomic mass is 10.1. The molecular weight excluding hydrogens is 351 g/mol. The molecule has 1 aliphatic heterocycles. The first kappa shape index (κ1) is 16.6. The Morgan fingerprint density at radius 1 is 1.21 bits per heavy atom. The van der Waals surface area contributed by atoms with E-state index in [0.29, 0.717) is 27.2 Å². The van der Waals surface area contributed by atoms with Crippen LogP contribution in [0.3, 0.4) is 0 Å². The van der Waals surface area contributed by atoms with Crippen LogP contribution in [0.5, 0.6) is 5.75 Å². The standard InChI is InChI=1S/C17H14Cl2N2O3/c1-10-2-5-15-14(6-10)21(17(23)9-24-15)8-16(22)20-11-3-4-12(18)13(19)7-11/h2-7H,8-9H2,1H3,(H,20,22). The first-order valence-electron chi connectivity index (χ1n) is 7.23. The van der Waals surface area contributed by atoms with E-state index in [9.17, 15) is 9.59 Å². The molecule has 24 heavy (non-hydrogen) atoms. The van der Waals surface area contributed by atoms with Gasteiger partial charge in [-0.3, -0.25) is 14.5 Å². The molecule has 124 valence electrons. The zero-order valence-corrected chi connectivity index (χ0v) is 14.3. The Balaban J connectivity index is 1.77. The number of amides is 2. The van der Waals surface area contributed by atoms with Crippen molar-refractivity contribution in [3.63, 3.8) is 0 Å². The lowest BCUT2D eigenvalue weighted by molar-refractivity contribution is -0.123. The van der Waals surface area contributed by atoms with Crippen molar-refractivity contribution < 1.29 is 14.3 Å². The molecule has 1 N–H and O–H groups in total. The molecular formula is C17H14Cl2N2O3. The Labute approximate surface area is 149 Å². The molecule has 5 nitrogen and oxygen atoms in total. The summed E-state index contributed by atoms with van der Waals surface area (Å²) in [7, 11) is 0. The lowest BCUT2D eigenvalue weighted by Crippen LogP contribution is -2.43. The molecule has 0 atom stereocenters. The van der Waals surface area contributed by atoms with Gasteiger partial charge in [-0.1, -0.05) is 29.3 Å². The average molecular weight is 365 g/mol. The average Bonchev–Trinajstić information content (AvgIpc) is 2.54. The fourth-order valence-electron chi connectivity index (χ4n) is 2.40. The number of anilines is 2. The van der Waals surface area contributed by atoms with E-state index >= 15 is 0 Å². The molecule has 0 radical (unpaired) electrons. The molecule has 1 aliphatic rings. The van der Waals surface area contributed by atoms with Crippen molar-refractivity contribution in [2.45, 2.75) is 6.92 Å². The second-order valence-corrected chi connectivity index (χ2v) is 6.23. The molecule has 0 unspecified atom stereocenters. The van der Waals surface area contributed by atoms with E-state index in [1.54, 1.807) is 24.3 Å². The van der Waals surface area contributed by atoms with E-state index in [4.69, 9.17) is 27.9 Å².